The molecule has 31 heavy (non-hydrogen) atoms. The quantitative estimate of drug-likeness (QED) is 0.815. The number of nitrogens with zero attached hydrogens (tertiary/aromatic N) is 3. The number of rotatable bonds is 4. The Bertz CT molecular complexity index is 1040. The Morgan fingerprint density at radius 1 is 1.10 bits per heavy atom. The van der Waals surface area contributed by atoms with Gasteiger partial charge in [0.1, 0.15) is 11.6 Å². The van der Waals surface area contributed by atoms with Gasteiger partial charge >= 0.3 is 0 Å². The van der Waals surface area contributed by atoms with Crippen LogP contribution in [-0.4, -0.2) is 46.6 Å². The zero-order valence-electron chi connectivity index (χ0n) is 18.5. The van der Waals surface area contributed by atoms with Gasteiger partial charge in [-0.2, -0.15) is 0 Å². The van der Waals surface area contributed by atoms with Crippen LogP contribution in [0.2, 0.25) is 0 Å². The highest BCUT2D eigenvalue weighted by Crippen LogP contribution is 2.53. The summed E-state index contributed by atoms with van der Waals surface area (Å²) in [6, 6.07) is 6.73. The summed E-state index contributed by atoms with van der Waals surface area (Å²) in [5, 5.41) is 0. The van der Waals surface area contributed by atoms with Gasteiger partial charge in [0.15, 0.2) is 0 Å². The number of nitrogens with one attached hydrogen (secondary N) is 1. The Morgan fingerprint density at radius 3 is 2.48 bits per heavy atom. The number of piperazine rings is 1. The van der Waals surface area contributed by atoms with Gasteiger partial charge in [-0.15, -0.1) is 0 Å². The number of aromatic nitrogens is 2. The number of hydrogen-bond acceptors (Lipinski definition) is 4. The summed E-state index contributed by atoms with van der Waals surface area (Å²) in [5.74, 6) is 0.461. The number of hydrogen-bond donors (Lipinski definition) is 1. The van der Waals surface area contributed by atoms with Crippen LogP contribution in [0.3, 0.4) is 0 Å². The molecule has 5 nitrogen and oxygen atoms in total. The molecule has 0 bridgehead atoms. The van der Waals surface area contributed by atoms with E-state index in [9.17, 15) is 9.18 Å². The van der Waals surface area contributed by atoms with Crippen LogP contribution in [0.5, 0.6) is 0 Å². The minimum Gasteiger partial charge on any atom is -0.369 e. The monoisotopic (exact) mass is 422 g/mol. The minimum absolute atomic E-state index is 0.0429. The lowest BCUT2D eigenvalue weighted by Crippen LogP contribution is -2.54. The Hall–Kier alpha value is -2.47. The average Bonchev–Trinajstić information content (AvgIpc) is 3.52. The van der Waals surface area contributed by atoms with Crippen molar-refractivity contribution >= 4 is 11.8 Å². The third-order valence-corrected chi connectivity index (χ3v) is 7.46. The predicted molar refractivity (Wildman–Crippen MR) is 122 cm³/mol. The molecule has 0 unspecified atom stereocenters. The van der Waals surface area contributed by atoms with Crippen molar-refractivity contribution in [1.82, 2.24) is 14.9 Å². The lowest BCUT2D eigenvalue weighted by molar-refractivity contribution is 0.153. The van der Waals surface area contributed by atoms with Gasteiger partial charge in [0.2, 0.25) is 0 Å². The first kappa shape index (κ1) is 20.4. The van der Waals surface area contributed by atoms with E-state index in [0.717, 1.165) is 56.0 Å². The summed E-state index contributed by atoms with van der Waals surface area (Å²) in [7, 11) is 0. The number of benzene rings is 1. The molecule has 2 heterocycles. The van der Waals surface area contributed by atoms with Gasteiger partial charge in [0, 0.05) is 43.0 Å². The fourth-order valence-corrected chi connectivity index (χ4v) is 5.06. The molecule has 2 fully saturated rings. The number of anilines is 1. The standard InChI is InChI=1S/C25H31FN4O/c1-24(2,30-15-13-29(14-16-30)19-5-3-18(26)4-6-19)9-8-22-27-21-7-10-25(11-12-25)17-20(21)23(31)28-22/h3-6,8-9H,7,10-17H2,1-2H3,(H,27,28,31). The summed E-state index contributed by atoms with van der Waals surface area (Å²) >= 11 is 0. The van der Waals surface area contributed by atoms with Crippen molar-refractivity contribution in [3.05, 3.63) is 63.6 Å². The van der Waals surface area contributed by atoms with Crippen LogP contribution < -0.4 is 10.5 Å². The molecule has 0 radical (unpaired) electrons. The highest BCUT2D eigenvalue weighted by molar-refractivity contribution is 5.47. The van der Waals surface area contributed by atoms with E-state index in [2.05, 4.69) is 34.7 Å². The Labute approximate surface area is 183 Å². The van der Waals surface area contributed by atoms with Gasteiger partial charge in [0.25, 0.3) is 5.56 Å². The zero-order valence-corrected chi connectivity index (χ0v) is 18.5. The molecule has 1 N–H and O–H groups in total. The van der Waals surface area contributed by atoms with Gasteiger partial charge in [-0.3, -0.25) is 9.69 Å². The SMILES string of the molecule is CC(C)(C=Cc1nc2c(c(=O)[nH]1)CC1(CC2)CC1)N1CCN(c2ccc(F)cc2)CC1. The second-order valence-corrected chi connectivity index (χ2v) is 9.99. The molecular weight excluding hydrogens is 391 g/mol. The van der Waals surface area contributed by atoms with Gasteiger partial charge in [-0.1, -0.05) is 6.08 Å². The predicted octanol–water partition coefficient (Wildman–Crippen LogP) is 3.79. The van der Waals surface area contributed by atoms with E-state index < -0.39 is 0 Å². The number of fused-ring (bicyclic) bond motifs is 1. The maximum absolute atomic E-state index is 13.2. The first-order chi connectivity index (χ1) is 14.8. The van der Waals surface area contributed by atoms with E-state index in [1.807, 2.05) is 18.2 Å². The summed E-state index contributed by atoms with van der Waals surface area (Å²) in [5.41, 5.74) is 3.28. The Morgan fingerprint density at radius 2 is 1.81 bits per heavy atom. The molecule has 2 aromatic rings. The second kappa shape index (κ2) is 7.59. The smallest absolute Gasteiger partial charge is 0.254 e. The summed E-state index contributed by atoms with van der Waals surface area (Å²) < 4.78 is 13.2. The number of H-pyrrole nitrogens is 1. The molecule has 1 saturated carbocycles. The molecule has 1 spiro atoms. The topological polar surface area (TPSA) is 52.2 Å². The number of halogens is 1. The maximum Gasteiger partial charge on any atom is 0.254 e. The first-order valence-electron chi connectivity index (χ1n) is 11.4. The molecule has 164 valence electrons. The van der Waals surface area contributed by atoms with Crippen LogP contribution in [0.15, 0.2) is 35.1 Å². The summed E-state index contributed by atoms with van der Waals surface area (Å²) in [6.45, 7) is 8.04. The van der Waals surface area contributed by atoms with Crippen molar-refractivity contribution in [1.29, 1.82) is 0 Å². The largest absolute Gasteiger partial charge is 0.369 e. The second-order valence-electron chi connectivity index (χ2n) is 9.99. The highest BCUT2D eigenvalue weighted by atomic mass is 19.1. The lowest BCUT2D eigenvalue weighted by atomic mass is 9.84. The molecule has 1 aliphatic heterocycles. The third kappa shape index (κ3) is 4.18. The molecule has 3 aliphatic rings. The van der Waals surface area contributed by atoms with Crippen LogP contribution in [0.1, 0.15) is 50.2 Å². The minimum atomic E-state index is -0.200. The third-order valence-electron chi connectivity index (χ3n) is 7.46. The Kier molecular flexibility index (Phi) is 5.00. The molecule has 1 aromatic carbocycles. The van der Waals surface area contributed by atoms with E-state index in [1.54, 1.807) is 0 Å². The van der Waals surface area contributed by atoms with E-state index >= 15 is 0 Å². The van der Waals surface area contributed by atoms with Crippen molar-refractivity contribution < 1.29 is 4.39 Å². The van der Waals surface area contributed by atoms with E-state index in [-0.39, 0.29) is 16.9 Å². The maximum atomic E-state index is 13.2. The molecule has 1 saturated heterocycles. The van der Waals surface area contributed by atoms with Gasteiger partial charge in [0.05, 0.1) is 5.69 Å². The van der Waals surface area contributed by atoms with Crippen LogP contribution in [0.25, 0.3) is 6.08 Å². The van der Waals surface area contributed by atoms with Crippen molar-refractivity contribution in [2.45, 2.75) is 51.5 Å². The van der Waals surface area contributed by atoms with E-state index in [4.69, 9.17) is 4.98 Å². The zero-order chi connectivity index (χ0) is 21.6. The fraction of sp³-hybridized carbons (Fsp3) is 0.520. The van der Waals surface area contributed by atoms with E-state index in [1.165, 1.54) is 31.4 Å². The van der Waals surface area contributed by atoms with Gasteiger partial charge < -0.3 is 9.88 Å². The van der Waals surface area contributed by atoms with Gasteiger partial charge in [-0.25, -0.2) is 9.37 Å². The van der Waals surface area contributed by atoms with Crippen LogP contribution in [0.4, 0.5) is 10.1 Å². The molecule has 1 aromatic heterocycles. The average molecular weight is 423 g/mol. The van der Waals surface area contributed by atoms with Gasteiger partial charge in [-0.05, 0) is 81.7 Å². The van der Waals surface area contributed by atoms with Crippen molar-refractivity contribution in [3.8, 4) is 0 Å². The van der Waals surface area contributed by atoms with Crippen molar-refractivity contribution in [3.63, 3.8) is 0 Å². The van der Waals surface area contributed by atoms with Crippen LogP contribution >= 0.6 is 0 Å². The van der Waals surface area contributed by atoms with Crippen molar-refractivity contribution in [2.24, 2.45) is 5.41 Å². The first-order valence-corrected chi connectivity index (χ1v) is 11.4. The highest BCUT2D eigenvalue weighted by Gasteiger charge is 2.45. The normalized spacial score (nSPS) is 20.9. The molecular formula is C25H31FN4O. The molecule has 5 rings (SSSR count). The fourth-order valence-electron chi connectivity index (χ4n) is 5.06. The van der Waals surface area contributed by atoms with Crippen LogP contribution in [-0.2, 0) is 12.8 Å². The van der Waals surface area contributed by atoms with E-state index in [0.29, 0.717) is 11.2 Å². The molecule has 0 amide bonds. The summed E-state index contributed by atoms with van der Waals surface area (Å²) in [4.78, 5) is 25.2. The lowest BCUT2D eigenvalue weighted by Gasteiger charge is -2.43. The van der Waals surface area contributed by atoms with Crippen LogP contribution in [0, 0.1) is 11.2 Å². The number of aryl methyl sites for hydroxylation is 1. The molecule has 0 atom stereocenters. The number of aromatic amines is 1. The summed E-state index contributed by atoms with van der Waals surface area (Å²) in [6.07, 6.45) is 9.63. The molecule has 2 aliphatic carbocycles. The Balaban J connectivity index is 1.25. The van der Waals surface area contributed by atoms with Crippen molar-refractivity contribution in [2.75, 3.05) is 31.1 Å². The molecule has 6 heteroatoms.